The summed E-state index contributed by atoms with van der Waals surface area (Å²) >= 11 is 0. The Bertz CT molecular complexity index is 1400. The van der Waals surface area contributed by atoms with Gasteiger partial charge in [-0.05, 0) is 61.4 Å². The first-order chi connectivity index (χ1) is 17.2. The lowest BCUT2D eigenvalue weighted by atomic mass is 9.98. The Kier molecular flexibility index (Phi) is 6.29. The molecule has 0 unspecified atom stereocenters. The van der Waals surface area contributed by atoms with Gasteiger partial charge in [-0.1, -0.05) is 13.8 Å². The minimum atomic E-state index is -0.302. The number of fused-ring (bicyclic) bond motifs is 2. The van der Waals surface area contributed by atoms with Gasteiger partial charge in [0.2, 0.25) is 0 Å². The van der Waals surface area contributed by atoms with Gasteiger partial charge in [0.25, 0.3) is 5.56 Å². The predicted octanol–water partition coefficient (Wildman–Crippen LogP) is 4.03. The molecule has 1 aliphatic heterocycles. The number of aromatic amines is 1. The average Bonchev–Trinajstić information content (AvgIpc) is 3.50. The highest BCUT2D eigenvalue weighted by molar-refractivity contribution is 5.83. The smallest absolute Gasteiger partial charge is 0.252 e. The average molecular weight is 493 g/mol. The van der Waals surface area contributed by atoms with Gasteiger partial charge in [-0.3, -0.25) is 9.69 Å². The fraction of sp³-hybridized carbons (Fsp3) is 0.462. The first kappa shape index (κ1) is 24.1. The number of furan rings is 1. The van der Waals surface area contributed by atoms with Gasteiger partial charge < -0.3 is 18.9 Å². The largest absolute Gasteiger partial charge is 0.486 e. The number of benzene rings is 1. The highest BCUT2D eigenvalue weighted by atomic mass is 16.6. The zero-order valence-corrected chi connectivity index (χ0v) is 21.3. The van der Waals surface area contributed by atoms with Crippen LogP contribution in [-0.4, -0.2) is 43.3 Å². The van der Waals surface area contributed by atoms with Crippen molar-refractivity contribution in [3.8, 4) is 11.5 Å². The van der Waals surface area contributed by atoms with E-state index in [0.717, 1.165) is 17.0 Å². The van der Waals surface area contributed by atoms with E-state index in [9.17, 15) is 4.79 Å². The fourth-order valence-corrected chi connectivity index (χ4v) is 4.72. The number of hydrogen-bond acceptors (Lipinski definition) is 8. The lowest BCUT2D eigenvalue weighted by Gasteiger charge is -2.34. The molecule has 0 aliphatic carbocycles. The second-order valence-electron chi connectivity index (χ2n) is 10.5. The molecule has 0 bridgehead atoms. The minimum Gasteiger partial charge on any atom is -0.486 e. The molecule has 0 spiro atoms. The van der Waals surface area contributed by atoms with E-state index in [2.05, 4.69) is 60.0 Å². The normalized spacial score (nSPS) is 14.6. The first-order valence-electron chi connectivity index (χ1n) is 12.2. The van der Waals surface area contributed by atoms with Crippen LogP contribution in [0.15, 0.2) is 45.8 Å². The summed E-state index contributed by atoms with van der Waals surface area (Å²) in [6.07, 6.45) is 1.66. The van der Waals surface area contributed by atoms with Gasteiger partial charge in [0.05, 0.1) is 29.9 Å². The molecule has 1 aromatic carbocycles. The lowest BCUT2D eigenvalue weighted by molar-refractivity contribution is 0.111. The van der Waals surface area contributed by atoms with Crippen LogP contribution in [0.1, 0.15) is 57.8 Å². The van der Waals surface area contributed by atoms with Crippen LogP contribution < -0.4 is 15.0 Å². The molecule has 5 rings (SSSR count). The molecule has 4 aromatic rings. The molecule has 10 heteroatoms. The standard InChI is InChI=1S/C26H32N6O4/c1-16(2)23(24-28-29-30-32(24)26(3,4)5)31(15-19-7-6-8-34-19)14-18-11-17-12-21-22(36-10-9-35-21)13-20(17)27-25(18)33/h6-8,11-13,16,23H,9-10,14-15H2,1-5H3,(H,27,33)/t23-/m0/s1. The van der Waals surface area contributed by atoms with Crippen molar-refractivity contribution >= 4 is 10.9 Å². The minimum absolute atomic E-state index is 0.151. The number of tetrazole rings is 1. The number of rotatable bonds is 7. The van der Waals surface area contributed by atoms with Crippen LogP contribution >= 0.6 is 0 Å². The van der Waals surface area contributed by atoms with Crippen molar-refractivity contribution in [2.24, 2.45) is 5.92 Å². The quantitative estimate of drug-likeness (QED) is 0.412. The van der Waals surface area contributed by atoms with E-state index in [4.69, 9.17) is 13.9 Å². The molecular formula is C26H32N6O4. The maximum absolute atomic E-state index is 13.2. The van der Waals surface area contributed by atoms with E-state index >= 15 is 0 Å². The van der Waals surface area contributed by atoms with Crippen molar-refractivity contribution in [3.05, 3.63) is 64.1 Å². The number of H-pyrrole nitrogens is 1. The Labute approximate surface area is 209 Å². The first-order valence-corrected chi connectivity index (χ1v) is 12.2. The number of nitrogens with zero attached hydrogens (tertiary/aromatic N) is 5. The Morgan fingerprint density at radius 1 is 1.11 bits per heavy atom. The summed E-state index contributed by atoms with van der Waals surface area (Å²) in [5.41, 5.74) is 0.888. The SMILES string of the molecule is CC(C)[C@@H](c1nnnn1C(C)(C)C)N(Cc1ccco1)Cc1cc2cc3c(cc2[nH]c1=O)OCCO3. The molecule has 1 aliphatic rings. The Morgan fingerprint density at radius 2 is 1.86 bits per heavy atom. The summed E-state index contributed by atoms with van der Waals surface area (Å²) in [5.74, 6) is 3.03. The van der Waals surface area contributed by atoms with Crippen molar-refractivity contribution in [1.29, 1.82) is 0 Å². The Balaban J connectivity index is 1.57. The number of aromatic nitrogens is 5. The van der Waals surface area contributed by atoms with Gasteiger partial charge in [0.1, 0.15) is 19.0 Å². The molecule has 1 N–H and O–H groups in total. The van der Waals surface area contributed by atoms with Crippen LogP contribution in [0, 0.1) is 5.92 Å². The molecular weight excluding hydrogens is 460 g/mol. The maximum Gasteiger partial charge on any atom is 0.252 e. The van der Waals surface area contributed by atoms with Crippen molar-refractivity contribution < 1.29 is 13.9 Å². The van der Waals surface area contributed by atoms with Gasteiger partial charge in [-0.15, -0.1) is 5.10 Å². The van der Waals surface area contributed by atoms with E-state index in [1.807, 2.05) is 35.0 Å². The highest BCUT2D eigenvalue weighted by Crippen LogP contribution is 2.35. The summed E-state index contributed by atoms with van der Waals surface area (Å²) in [7, 11) is 0. The molecule has 190 valence electrons. The zero-order chi connectivity index (χ0) is 25.4. The van der Waals surface area contributed by atoms with Crippen molar-refractivity contribution in [3.63, 3.8) is 0 Å². The third-order valence-corrected chi connectivity index (χ3v) is 6.31. The van der Waals surface area contributed by atoms with E-state index in [1.165, 1.54) is 0 Å². The molecule has 36 heavy (non-hydrogen) atoms. The third kappa shape index (κ3) is 4.73. The summed E-state index contributed by atoms with van der Waals surface area (Å²) in [6.45, 7) is 12.3. The molecule has 0 amide bonds. The maximum atomic E-state index is 13.2. The van der Waals surface area contributed by atoms with Gasteiger partial charge >= 0.3 is 0 Å². The molecule has 0 saturated heterocycles. The summed E-state index contributed by atoms with van der Waals surface area (Å²) in [6, 6.07) is 9.30. The van der Waals surface area contributed by atoms with E-state index < -0.39 is 0 Å². The zero-order valence-electron chi connectivity index (χ0n) is 21.3. The topological polar surface area (TPSA) is 111 Å². The van der Waals surface area contributed by atoms with Gasteiger partial charge in [0.15, 0.2) is 17.3 Å². The van der Waals surface area contributed by atoms with E-state index in [-0.39, 0.29) is 23.1 Å². The van der Waals surface area contributed by atoms with Crippen LogP contribution in [-0.2, 0) is 18.6 Å². The highest BCUT2D eigenvalue weighted by Gasteiger charge is 2.33. The molecule has 0 fully saturated rings. The van der Waals surface area contributed by atoms with E-state index in [0.29, 0.717) is 48.9 Å². The lowest BCUT2D eigenvalue weighted by Crippen LogP contribution is -2.37. The monoisotopic (exact) mass is 492 g/mol. The predicted molar refractivity (Wildman–Crippen MR) is 134 cm³/mol. The van der Waals surface area contributed by atoms with Crippen LogP contribution in [0.2, 0.25) is 0 Å². The van der Waals surface area contributed by atoms with Crippen molar-refractivity contribution in [2.45, 2.75) is 59.3 Å². The van der Waals surface area contributed by atoms with Crippen molar-refractivity contribution in [1.82, 2.24) is 30.1 Å². The molecule has 10 nitrogen and oxygen atoms in total. The summed E-state index contributed by atoms with van der Waals surface area (Å²) in [4.78, 5) is 18.4. The second-order valence-corrected chi connectivity index (χ2v) is 10.5. The molecule has 1 atom stereocenters. The van der Waals surface area contributed by atoms with Crippen molar-refractivity contribution in [2.75, 3.05) is 13.2 Å². The van der Waals surface area contributed by atoms with Crippen LogP contribution in [0.5, 0.6) is 11.5 Å². The molecule has 3 aromatic heterocycles. The number of nitrogens with one attached hydrogen (secondary N) is 1. The van der Waals surface area contributed by atoms with Crippen LogP contribution in [0.25, 0.3) is 10.9 Å². The fourth-order valence-electron chi connectivity index (χ4n) is 4.72. The second kappa shape index (κ2) is 9.42. The Hall–Kier alpha value is -3.66. The van der Waals surface area contributed by atoms with Gasteiger partial charge in [-0.25, -0.2) is 4.68 Å². The van der Waals surface area contributed by atoms with Crippen LogP contribution in [0.4, 0.5) is 0 Å². The van der Waals surface area contributed by atoms with Crippen LogP contribution in [0.3, 0.4) is 0 Å². The van der Waals surface area contributed by atoms with E-state index in [1.54, 1.807) is 6.26 Å². The van der Waals surface area contributed by atoms with Gasteiger partial charge in [0, 0.05) is 23.6 Å². The molecule has 0 radical (unpaired) electrons. The molecule has 4 heterocycles. The number of ether oxygens (including phenoxy) is 2. The summed E-state index contributed by atoms with van der Waals surface area (Å²) < 4.78 is 19.0. The molecule has 0 saturated carbocycles. The third-order valence-electron chi connectivity index (χ3n) is 6.31. The summed E-state index contributed by atoms with van der Waals surface area (Å²) in [5, 5.41) is 13.6. The number of pyridine rings is 1. The van der Waals surface area contributed by atoms with Gasteiger partial charge in [-0.2, -0.15) is 0 Å². The number of hydrogen-bond donors (Lipinski definition) is 1. The Morgan fingerprint density at radius 3 is 2.53 bits per heavy atom.